The molecule has 1 heterocycles. The summed E-state index contributed by atoms with van der Waals surface area (Å²) in [5.74, 6) is -1.01. The number of hydrogen-bond acceptors (Lipinski definition) is 3. The number of amides is 2. The van der Waals surface area contributed by atoms with E-state index in [1.54, 1.807) is 36.4 Å². The predicted molar refractivity (Wildman–Crippen MR) is 102 cm³/mol. The van der Waals surface area contributed by atoms with E-state index >= 15 is 0 Å². The second-order valence-electron chi connectivity index (χ2n) is 6.86. The highest BCUT2D eigenvalue weighted by molar-refractivity contribution is 6.10. The molecule has 0 radical (unpaired) electrons. The highest BCUT2D eigenvalue weighted by atomic mass is 16.4. The first-order valence-corrected chi connectivity index (χ1v) is 8.98. The van der Waals surface area contributed by atoms with Gasteiger partial charge in [0.2, 0.25) is 0 Å². The minimum absolute atomic E-state index is 0.00370. The van der Waals surface area contributed by atoms with Gasteiger partial charge in [0.1, 0.15) is 0 Å². The summed E-state index contributed by atoms with van der Waals surface area (Å²) in [5, 5.41) is 11.9. The Morgan fingerprint density at radius 1 is 0.963 bits per heavy atom. The van der Waals surface area contributed by atoms with E-state index in [2.05, 4.69) is 12.2 Å². The third kappa shape index (κ3) is 4.34. The summed E-state index contributed by atoms with van der Waals surface area (Å²) in [5.41, 5.74) is 1.12. The van der Waals surface area contributed by atoms with Crippen LogP contribution in [0.15, 0.2) is 48.5 Å². The number of carbonyl (C=O) groups excluding carboxylic acids is 2. The molecule has 0 saturated carbocycles. The van der Waals surface area contributed by atoms with Crippen LogP contribution in [0.25, 0.3) is 0 Å². The van der Waals surface area contributed by atoms with Gasteiger partial charge in [-0.25, -0.2) is 4.79 Å². The fourth-order valence-electron chi connectivity index (χ4n) is 3.16. The molecule has 0 aliphatic carbocycles. The van der Waals surface area contributed by atoms with Crippen molar-refractivity contribution in [1.29, 1.82) is 0 Å². The lowest BCUT2D eigenvalue weighted by atomic mass is 9.98. The van der Waals surface area contributed by atoms with E-state index in [9.17, 15) is 19.5 Å². The van der Waals surface area contributed by atoms with Crippen LogP contribution in [0.1, 0.15) is 50.8 Å². The van der Waals surface area contributed by atoms with E-state index in [1.807, 2.05) is 4.90 Å². The van der Waals surface area contributed by atoms with Crippen LogP contribution in [-0.4, -0.2) is 40.9 Å². The van der Waals surface area contributed by atoms with Gasteiger partial charge in [-0.2, -0.15) is 0 Å². The zero-order valence-electron chi connectivity index (χ0n) is 15.1. The molecule has 2 N–H and O–H groups in total. The Balaban J connectivity index is 1.68. The summed E-state index contributed by atoms with van der Waals surface area (Å²) in [6, 6.07) is 12.7. The molecule has 0 atom stereocenters. The molecule has 6 heteroatoms. The molecule has 3 rings (SSSR count). The number of benzene rings is 2. The van der Waals surface area contributed by atoms with E-state index in [-0.39, 0.29) is 17.0 Å². The minimum Gasteiger partial charge on any atom is -0.478 e. The average molecular weight is 366 g/mol. The lowest BCUT2D eigenvalue weighted by Crippen LogP contribution is -2.37. The Bertz CT molecular complexity index is 853. The van der Waals surface area contributed by atoms with Crippen LogP contribution in [0, 0.1) is 5.92 Å². The van der Waals surface area contributed by atoms with Gasteiger partial charge in [0.15, 0.2) is 0 Å². The Hall–Kier alpha value is -3.15. The number of hydrogen-bond donors (Lipinski definition) is 2. The van der Waals surface area contributed by atoms with Crippen LogP contribution in [0.3, 0.4) is 0 Å². The van der Waals surface area contributed by atoms with Crippen LogP contribution in [0.5, 0.6) is 0 Å². The number of carboxylic acid groups (broad SMARTS) is 1. The van der Waals surface area contributed by atoms with Gasteiger partial charge in [-0.3, -0.25) is 9.59 Å². The molecule has 27 heavy (non-hydrogen) atoms. The van der Waals surface area contributed by atoms with Crippen molar-refractivity contribution < 1.29 is 19.5 Å². The standard InChI is InChI=1S/C21H22N2O4/c1-14-10-12-23(13-11-14)20(25)15-6-8-16(9-7-15)22-19(24)17-4-2-3-5-18(17)21(26)27/h2-9,14H,10-13H2,1H3,(H,22,24)(H,26,27). The lowest BCUT2D eigenvalue weighted by Gasteiger charge is -2.30. The molecule has 6 nitrogen and oxygen atoms in total. The predicted octanol–water partition coefficient (Wildman–Crippen LogP) is 3.51. The van der Waals surface area contributed by atoms with Crippen LogP contribution in [-0.2, 0) is 0 Å². The Kier molecular flexibility index (Phi) is 5.54. The maximum Gasteiger partial charge on any atom is 0.336 e. The van der Waals surface area contributed by atoms with Gasteiger partial charge in [-0.15, -0.1) is 0 Å². The number of nitrogens with one attached hydrogen (secondary N) is 1. The van der Waals surface area contributed by atoms with Crippen LogP contribution in [0.4, 0.5) is 5.69 Å². The van der Waals surface area contributed by atoms with Gasteiger partial charge in [-0.05, 0) is 55.2 Å². The van der Waals surface area contributed by atoms with Crippen molar-refractivity contribution in [3.63, 3.8) is 0 Å². The van der Waals surface area contributed by atoms with E-state index in [1.165, 1.54) is 12.1 Å². The first-order valence-electron chi connectivity index (χ1n) is 8.98. The molecule has 2 amide bonds. The summed E-state index contributed by atoms with van der Waals surface area (Å²) in [7, 11) is 0. The van der Waals surface area contributed by atoms with Crippen molar-refractivity contribution in [2.75, 3.05) is 18.4 Å². The SMILES string of the molecule is CC1CCN(C(=O)c2ccc(NC(=O)c3ccccc3C(=O)O)cc2)CC1. The molecular formula is C21H22N2O4. The molecule has 1 fully saturated rings. The molecule has 0 unspecified atom stereocenters. The average Bonchev–Trinajstić information content (AvgIpc) is 2.68. The fourth-order valence-corrected chi connectivity index (χ4v) is 3.16. The molecule has 0 spiro atoms. The number of carbonyl (C=O) groups is 3. The van der Waals surface area contributed by atoms with Crippen molar-refractivity contribution in [3.8, 4) is 0 Å². The molecule has 0 aromatic heterocycles. The van der Waals surface area contributed by atoms with E-state index < -0.39 is 11.9 Å². The Morgan fingerprint density at radius 3 is 2.15 bits per heavy atom. The summed E-state index contributed by atoms with van der Waals surface area (Å²) < 4.78 is 0. The minimum atomic E-state index is -1.16. The maximum atomic E-state index is 12.6. The molecule has 2 aromatic carbocycles. The normalized spacial score (nSPS) is 14.6. The van der Waals surface area contributed by atoms with Crippen molar-refractivity contribution in [3.05, 3.63) is 65.2 Å². The number of aromatic carboxylic acids is 1. The molecule has 1 aliphatic rings. The van der Waals surface area contributed by atoms with E-state index in [0.717, 1.165) is 25.9 Å². The molecule has 1 saturated heterocycles. The van der Waals surface area contributed by atoms with Gasteiger partial charge < -0.3 is 15.3 Å². The largest absolute Gasteiger partial charge is 0.478 e. The van der Waals surface area contributed by atoms with Gasteiger partial charge in [0, 0.05) is 24.3 Å². The zero-order valence-corrected chi connectivity index (χ0v) is 15.1. The molecule has 1 aliphatic heterocycles. The quantitative estimate of drug-likeness (QED) is 0.867. The van der Waals surface area contributed by atoms with Crippen LogP contribution >= 0.6 is 0 Å². The number of piperidine rings is 1. The summed E-state index contributed by atoms with van der Waals surface area (Å²) in [6.07, 6.45) is 2.03. The second kappa shape index (κ2) is 8.03. The summed E-state index contributed by atoms with van der Waals surface area (Å²) in [4.78, 5) is 38.0. The number of carboxylic acids is 1. The van der Waals surface area contributed by atoms with Gasteiger partial charge >= 0.3 is 5.97 Å². The third-order valence-electron chi connectivity index (χ3n) is 4.86. The van der Waals surface area contributed by atoms with Crippen molar-refractivity contribution in [1.82, 2.24) is 4.90 Å². The summed E-state index contributed by atoms with van der Waals surface area (Å²) >= 11 is 0. The van der Waals surface area contributed by atoms with Gasteiger partial charge in [0.25, 0.3) is 11.8 Å². The van der Waals surface area contributed by atoms with E-state index in [4.69, 9.17) is 0 Å². The van der Waals surface area contributed by atoms with Crippen LogP contribution < -0.4 is 5.32 Å². The van der Waals surface area contributed by atoms with Crippen molar-refractivity contribution in [2.24, 2.45) is 5.92 Å². The number of anilines is 1. The maximum absolute atomic E-state index is 12.6. The molecule has 2 aromatic rings. The highest BCUT2D eigenvalue weighted by Gasteiger charge is 2.21. The number of likely N-dealkylation sites (tertiary alicyclic amines) is 1. The topological polar surface area (TPSA) is 86.7 Å². The van der Waals surface area contributed by atoms with Crippen molar-refractivity contribution in [2.45, 2.75) is 19.8 Å². The third-order valence-corrected chi connectivity index (χ3v) is 4.86. The lowest BCUT2D eigenvalue weighted by molar-refractivity contribution is 0.0686. The first-order chi connectivity index (χ1) is 13.0. The molecule has 0 bridgehead atoms. The summed E-state index contributed by atoms with van der Waals surface area (Å²) in [6.45, 7) is 3.73. The smallest absolute Gasteiger partial charge is 0.336 e. The zero-order chi connectivity index (χ0) is 19.4. The highest BCUT2D eigenvalue weighted by Crippen LogP contribution is 2.19. The van der Waals surface area contributed by atoms with E-state index in [0.29, 0.717) is 17.2 Å². The monoisotopic (exact) mass is 366 g/mol. The van der Waals surface area contributed by atoms with Crippen molar-refractivity contribution >= 4 is 23.5 Å². The number of rotatable bonds is 4. The first kappa shape index (κ1) is 18.6. The Labute approximate surface area is 157 Å². The second-order valence-corrected chi connectivity index (χ2v) is 6.86. The molecule has 140 valence electrons. The van der Waals surface area contributed by atoms with Crippen LogP contribution in [0.2, 0.25) is 0 Å². The fraction of sp³-hybridized carbons (Fsp3) is 0.286. The van der Waals surface area contributed by atoms with Gasteiger partial charge in [-0.1, -0.05) is 19.1 Å². The number of nitrogens with zero attached hydrogens (tertiary/aromatic N) is 1. The Morgan fingerprint density at radius 2 is 1.56 bits per heavy atom. The van der Waals surface area contributed by atoms with Gasteiger partial charge in [0.05, 0.1) is 11.1 Å². The molecular weight excluding hydrogens is 344 g/mol.